The van der Waals surface area contributed by atoms with Crippen molar-refractivity contribution in [2.24, 2.45) is 11.8 Å². The summed E-state index contributed by atoms with van der Waals surface area (Å²) in [7, 11) is 0. The summed E-state index contributed by atoms with van der Waals surface area (Å²) in [5.41, 5.74) is 0. The fourth-order valence-corrected chi connectivity index (χ4v) is 3.37. The third kappa shape index (κ3) is 3.44. The molecule has 2 aliphatic carbocycles. The zero-order valence-electron chi connectivity index (χ0n) is 10.8. The monoisotopic (exact) mass is 239 g/mol. The molecule has 0 aliphatic heterocycles. The summed E-state index contributed by atoms with van der Waals surface area (Å²) in [5, 5.41) is 12.7. The Hall–Kier alpha value is -0.570. The van der Waals surface area contributed by atoms with Crippen LogP contribution in [0.25, 0.3) is 0 Å². The Labute approximate surface area is 104 Å². The van der Waals surface area contributed by atoms with Gasteiger partial charge in [0.05, 0.1) is 5.92 Å². The molecule has 0 spiro atoms. The van der Waals surface area contributed by atoms with Gasteiger partial charge in [-0.05, 0) is 44.4 Å². The van der Waals surface area contributed by atoms with E-state index in [4.69, 9.17) is 5.11 Å². The second-order valence-electron chi connectivity index (χ2n) is 5.92. The van der Waals surface area contributed by atoms with Gasteiger partial charge in [-0.1, -0.05) is 19.8 Å². The van der Waals surface area contributed by atoms with Crippen LogP contribution in [0.2, 0.25) is 0 Å². The Balaban J connectivity index is 1.75. The molecule has 2 aliphatic rings. The predicted octanol–water partition coefficient (Wildman–Crippen LogP) is 2.80. The van der Waals surface area contributed by atoms with Gasteiger partial charge in [-0.25, -0.2) is 0 Å². The molecule has 0 bridgehead atoms. The maximum atomic E-state index is 10.9. The van der Waals surface area contributed by atoms with Crippen LogP contribution in [-0.4, -0.2) is 23.2 Å². The van der Waals surface area contributed by atoms with Crippen molar-refractivity contribution in [3.8, 4) is 0 Å². The molecule has 0 heterocycles. The van der Waals surface area contributed by atoms with Crippen molar-refractivity contribution in [2.45, 2.75) is 70.4 Å². The smallest absolute Gasteiger partial charge is 0.306 e. The number of hydrogen-bond donors (Lipinski definition) is 2. The SMILES string of the molecule is CC1CCCCC1NC1CCC(C(=O)O)CC1. The van der Waals surface area contributed by atoms with Gasteiger partial charge in [0.15, 0.2) is 0 Å². The summed E-state index contributed by atoms with van der Waals surface area (Å²) < 4.78 is 0. The van der Waals surface area contributed by atoms with Crippen molar-refractivity contribution >= 4 is 5.97 Å². The van der Waals surface area contributed by atoms with Crippen LogP contribution in [0.3, 0.4) is 0 Å². The molecule has 3 nitrogen and oxygen atoms in total. The minimum absolute atomic E-state index is 0.0863. The van der Waals surface area contributed by atoms with E-state index in [0.29, 0.717) is 12.1 Å². The minimum Gasteiger partial charge on any atom is -0.481 e. The van der Waals surface area contributed by atoms with Gasteiger partial charge < -0.3 is 10.4 Å². The lowest BCUT2D eigenvalue weighted by Crippen LogP contribution is -2.45. The Morgan fingerprint density at radius 2 is 1.71 bits per heavy atom. The number of hydrogen-bond acceptors (Lipinski definition) is 2. The molecular formula is C14H25NO2. The Kier molecular flexibility index (Phi) is 4.43. The van der Waals surface area contributed by atoms with Crippen molar-refractivity contribution in [1.29, 1.82) is 0 Å². The van der Waals surface area contributed by atoms with Crippen molar-refractivity contribution in [3.63, 3.8) is 0 Å². The van der Waals surface area contributed by atoms with Crippen LogP contribution in [0.4, 0.5) is 0 Å². The van der Waals surface area contributed by atoms with E-state index in [1.807, 2.05) is 0 Å². The normalized spacial score (nSPS) is 38.9. The lowest BCUT2D eigenvalue weighted by atomic mass is 9.82. The molecule has 98 valence electrons. The molecule has 3 heteroatoms. The Morgan fingerprint density at radius 1 is 1.06 bits per heavy atom. The fourth-order valence-electron chi connectivity index (χ4n) is 3.37. The summed E-state index contributed by atoms with van der Waals surface area (Å²) >= 11 is 0. The second kappa shape index (κ2) is 5.85. The topological polar surface area (TPSA) is 49.3 Å². The minimum atomic E-state index is -0.602. The molecule has 0 amide bonds. The molecule has 17 heavy (non-hydrogen) atoms. The standard InChI is InChI=1S/C14H25NO2/c1-10-4-2-3-5-13(10)15-12-8-6-11(7-9-12)14(16)17/h10-13,15H,2-9H2,1H3,(H,16,17). The van der Waals surface area contributed by atoms with Crippen molar-refractivity contribution < 1.29 is 9.90 Å². The number of nitrogens with one attached hydrogen (secondary N) is 1. The highest BCUT2D eigenvalue weighted by atomic mass is 16.4. The summed E-state index contributed by atoms with van der Waals surface area (Å²) in [6.45, 7) is 2.35. The highest BCUT2D eigenvalue weighted by Crippen LogP contribution is 2.28. The van der Waals surface area contributed by atoms with Crippen molar-refractivity contribution in [2.75, 3.05) is 0 Å². The average Bonchev–Trinajstić information content (AvgIpc) is 2.33. The summed E-state index contributed by atoms with van der Waals surface area (Å²) in [6, 6.07) is 1.24. The lowest BCUT2D eigenvalue weighted by molar-refractivity contribution is -0.142. The van der Waals surface area contributed by atoms with E-state index in [-0.39, 0.29) is 5.92 Å². The zero-order valence-corrected chi connectivity index (χ0v) is 10.8. The van der Waals surface area contributed by atoms with E-state index in [9.17, 15) is 4.79 Å². The van der Waals surface area contributed by atoms with E-state index < -0.39 is 5.97 Å². The molecule has 0 radical (unpaired) electrons. The van der Waals surface area contributed by atoms with Crippen LogP contribution in [0.5, 0.6) is 0 Å². The van der Waals surface area contributed by atoms with Crippen LogP contribution >= 0.6 is 0 Å². The highest BCUT2D eigenvalue weighted by Gasteiger charge is 2.29. The molecule has 0 aromatic carbocycles. The summed E-state index contributed by atoms with van der Waals surface area (Å²) in [4.78, 5) is 10.9. The van der Waals surface area contributed by atoms with Gasteiger partial charge in [0.25, 0.3) is 0 Å². The molecule has 2 fully saturated rings. The van der Waals surface area contributed by atoms with Gasteiger partial charge in [-0.3, -0.25) is 4.79 Å². The molecule has 2 atom stereocenters. The largest absolute Gasteiger partial charge is 0.481 e. The molecular weight excluding hydrogens is 214 g/mol. The van der Waals surface area contributed by atoms with Gasteiger partial charge in [-0.15, -0.1) is 0 Å². The van der Waals surface area contributed by atoms with E-state index in [0.717, 1.165) is 31.6 Å². The second-order valence-corrected chi connectivity index (χ2v) is 5.92. The molecule has 2 unspecified atom stereocenters. The Bertz CT molecular complexity index is 259. The first-order valence-electron chi connectivity index (χ1n) is 7.15. The summed E-state index contributed by atoms with van der Waals surface area (Å²) in [6.07, 6.45) is 9.18. The molecule has 0 saturated heterocycles. The van der Waals surface area contributed by atoms with Crippen LogP contribution in [0, 0.1) is 11.8 Å². The number of rotatable bonds is 3. The van der Waals surface area contributed by atoms with Crippen LogP contribution in [-0.2, 0) is 4.79 Å². The first-order chi connectivity index (χ1) is 8.16. The number of carboxylic acids is 1. The first kappa shape index (κ1) is 12.9. The van der Waals surface area contributed by atoms with Gasteiger partial charge in [0, 0.05) is 12.1 Å². The van der Waals surface area contributed by atoms with Crippen LogP contribution in [0.1, 0.15) is 58.3 Å². The van der Waals surface area contributed by atoms with Crippen LogP contribution in [0.15, 0.2) is 0 Å². The average molecular weight is 239 g/mol. The fraction of sp³-hybridized carbons (Fsp3) is 0.929. The lowest BCUT2D eigenvalue weighted by Gasteiger charge is -2.35. The number of carbonyl (C=O) groups is 1. The molecule has 2 N–H and O–H groups in total. The number of carboxylic acid groups (broad SMARTS) is 1. The zero-order chi connectivity index (χ0) is 12.3. The van der Waals surface area contributed by atoms with E-state index in [1.165, 1.54) is 25.7 Å². The quantitative estimate of drug-likeness (QED) is 0.796. The third-order valence-electron chi connectivity index (χ3n) is 4.64. The van der Waals surface area contributed by atoms with Crippen molar-refractivity contribution in [1.82, 2.24) is 5.32 Å². The van der Waals surface area contributed by atoms with Gasteiger partial charge >= 0.3 is 5.97 Å². The maximum Gasteiger partial charge on any atom is 0.306 e. The van der Waals surface area contributed by atoms with E-state index in [2.05, 4.69) is 12.2 Å². The maximum absolute atomic E-state index is 10.9. The molecule has 2 saturated carbocycles. The number of aliphatic carboxylic acids is 1. The molecule has 2 rings (SSSR count). The summed E-state index contributed by atoms with van der Waals surface area (Å²) in [5.74, 6) is 0.104. The van der Waals surface area contributed by atoms with Crippen LogP contribution < -0.4 is 5.32 Å². The van der Waals surface area contributed by atoms with E-state index in [1.54, 1.807) is 0 Å². The van der Waals surface area contributed by atoms with Gasteiger partial charge in [0.2, 0.25) is 0 Å². The molecule has 0 aromatic heterocycles. The third-order valence-corrected chi connectivity index (χ3v) is 4.64. The highest BCUT2D eigenvalue weighted by molar-refractivity contribution is 5.70. The predicted molar refractivity (Wildman–Crippen MR) is 67.9 cm³/mol. The Morgan fingerprint density at radius 3 is 2.29 bits per heavy atom. The molecule has 0 aromatic rings. The first-order valence-corrected chi connectivity index (χ1v) is 7.15. The van der Waals surface area contributed by atoms with E-state index >= 15 is 0 Å². The van der Waals surface area contributed by atoms with Gasteiger partial charge in [0.1, 0.15) is 0 Å². The van der Waals surface area contributed by atoms with Gasteiger partial charge in [-0.2, -0.15) is 0 Å². The van der Waals surface area contributed by atoms with Crippen molar-refractivity contribution in [3.05, 3.63) is 0 Å².